The summed E-state index contributed by atoms with van der Waals surface area (Å²) in [6.07, 6.45) is 0.565. The molecule has 0 aliphatic carbocycles. The molecule has 0 aliphatic rings. The minimum Gasteiger partial charge on any atom is -0.387 e. The highest BCUT2D eigenvalue weighted by atomic mass is 35.5. The molecule has 7 heteroatoms. The average Bonchev–Trinajstić information content (AvgIpc) is 2.47. The number of carbonyl (C=O) groups is 1. The number of carbonyl (C=O) groups excluding carboxylic acids is 1. The van der Waals surface area contributed by atoms with E-state index in [0.717, 1.165) is 0 Å². The first-order chi connectivity index (χ1) is 10.5. The first kappa shape index (κ1) is 16.5. The van der Waals surface area contributed by atoms with Crippen molar-refractivity contribution < 1.29 is 9.90 Å². The number of pyridine rings is 1. The van der Waals surface area contributed by atoms with Crippen LogP contribution in [-0.2, 0) is 11.3 Å². The van der Waals surface area contributed by atoms with Crippen molar-refractivity contribution in [2.24, 2.45) is 0 Å². The normalized spacial score (nSPS) is 12.0. The maximum absolute atomic E-state index is 11.8. The quantitative estimate of drug-likeness (QED) is 0.874. The van der Waals surface area contributed by atoms with Crippen LogP contribution in [0, 0.1) is 0 Å². The van der Waals surface area contributed by atoms with E-state index < -0.39 is 6.10 Å². The van der Waals surface area contributed by atoms with Gasteiger partial charge in [-0.2, -0.15) is 0 Å². The SMILES string of the molecule is O=C(Cn1ccccc1=O)NCC(O)c1ccc(Cl)cc1Cl. The molecule has 116 valence electrons. The average molecular weight is 341 g/mol. The number of nitrogens with one attached hydrogen (secondary N) is 1. The van der Waals surface area contributed by atoms with Crippen LogP contribution < -0.4 is 10.9 Å². The van der Waals surface area contributed by atoms with Crippen molar-refractivity contribution >= 4 is 29.1 Å². The number of nitrogens with zero attached hydrogens (tertiary/aromatic N) is 1. The van der Waals surface area contributed by atoms with Gasteiger partial charge in [-0.3, -0.25) is 9.59 Å². The Morgan fingerprint density at radius 1 is 1.27 bits per heavy atom. The van der Waals surface area contributed by atoms with Crippen LogP contribution >= 0.6 is 23.2 Å². The zero-order valence-electron chi connectivity index (χ0n) is 11.5. The molecule has 2 aromatic rings. The van der Waals surface area contributed by atoms with E-state index in [1.807, 2.05) is 0 Å². The number of halogens is 2. The monoisotopic (exact) mass is 340 g/mol. The lowest BCUT2D eigenvalue weighted by molar-refractivity contribution is -0.122. The molecule has 2 rings (SSSR count). The van der Waals surface area contributed by atoms with Gasteiger partial charge < -0.3 is 15.0 Å². The van der Waals surface area contributed by atoms with Crippen LogP contribution in [0.2, 0.25) is 10.0 Å². The van der Waals surface area contributed by atoms with Gasteiger partial charge in [0.05, 0.1) is 6.10 Å². The molecule has 0 bridgehead atoms. The maximum Gasteiger partial charge on any atom is 0.250 e. The van der Waals surface area contributed by atoms with Crippen LogP contribution in [0.3, 0.4) is 0 Å². The number of aliphatic hydroxyl groups is 1. The Balaban J connectivity index is 1.93. The molecule has 1 unspecified atom stereocenters. The summed E-state index contributed by atoms with van der Waals surface area (Å²) in [6, 6.07) is 9.36. The van der Waals surface area contributed by atoms with Crippen molar-refractivity contribution in [1.82, 2.24) is 9.88 Å². The molecule has 1 aromatic carbocycles. The Morgan fingerprint density at radius 2 is 2.05 bits per heavy atom. The van der Waals surface area contributed by atoms with E-state index in [9.17, 15) is 14.7 Å². The number of hydrogen-bond donors (Lipinski definition) is 2. The summed E-state index contributed by atoms with van der Waals surface area (Å²) in [6.45, 7) is -0.123. The lowest BCUT2D eigenvalue weighted by atomic mass is 10.1. The van der Waals surface area contributed by atoms with Gasteiger partial charge in [-0.25, -0.2) is 0 Å². The van der Waals surface area contributed by atoms with Crippen LogP contribution in [0.4, 0.5) is 0 Å². The van der Waals surface area contributed by atoms with Gasteiger partial charge >= 0.3 is 0 Å². The summed E-state index contributed by atoms with van der Waals surface area (Å²) in [7, 11) is 0. The second-order valence-electron chi connectivity index (χ2n) is 4.65. The van der Waals surface area contributed by atoms with E-state index in [-0.39, 0.29) is 24.6 Å². The van der Waals surface area contributed by atoms with Gasteiger partial charge in [0.25, 0.3) is 5.56 Å². The summed E-state index contributed by atoms with van der Waals surface area (Å²) in [4.78, 5) is 23.3. The number of hydrogen-bond acceptors (Lipinski definition) is 3. The summed E-state index contributed by atoms with van der Waals surface area (Å²) >= 11 is 11.8. The molecule has 1 aromatic heterocycles. The number of amides is 1. The second-order valence-corrected chi connectivity index (χ2v) is 5.50. The second kappa shape index (κ2) is 7.45. The lowest BCUT2D eigenvalue weighted by Gasteiger charge is -2.14. The molecular weight excluding hydrogens is 327 g/mol. The summed E-state index contributed by atoms with van der Waals surface area (Å²) in [5.74, 6) is -0.377. The van der Waals surface area contributed by atoms with Gasteiger partial charge in [-0.1, -0.05) is 35.3 Å². The third kappa shape index (κ3) is 4.34. The highest BCUT2D eigenvalue weighted by Gasteiger charge is 2.13. The number of aromatic nitrogens is 1. The largest absolute Gasteiger partial charge is 0.387 e. The van der Waals surface area contributed by atoms with Gasteiger partial charge in [-0.15, -0.1) is 0 Å². The molecule has 0 fully saturated rings. The van der Waals surface area contributed by atoms with Crippen molar-refractivity contribution in [2.75, 3.05) is 6.54 Å². The van der Waals surface area contributed by atoms with E-state index in [1.54, 1.807) is 24.3 Å². The summed E-state index contributed by atoms with van der Waals surface area (Å²) in [5.41, 5.74) is 0.210. The molecule has 5 nitrogen and oxygen atoms in total. The fourth-order valence-electron chi connectivity index (χ4n) is 1.89. The van der Waals surface area contributed by atoms with Crippen molar-refractivity contribution in [1.29, 1.82) is 0 Å². The van der Waals surface area contributed by atoms with Crippen molar-refractivity contribution in [3.8, 4) is 0 Å². The highest BCUT2D eigenvalue weighted by molar-refractivity contribution is 6.35. The van der Waals surface area contributed by atoms with Crippen molar-refractivity contribution in [3.63, 3.8) is 0 Å². The van der Waals surface area contributed by atoms with Gasteiger partial charge in [-0.05, 0) is 18.2 Å². The number of benzene rings is 1. The van der Waals surface area contributed by atoms with Crippen LogP contribution in [0.25, 0.3) is 0 Å². The summed E-state index contributed by atoms with van der Waals surface area (Å²) < 4.78 is 1.27. The predicted octanol–water partition coefficient (Wildman–Crippen LogP) is 2.00. The van der Waals surface area contributed by atoms with Crippen LogP contribution in [0.15, 0.2) is 47.4 Å². The molecule has 1 atom stereocenters. The zero-order valence-corrected chi connectivity index (χ0v) is 13.0. The molecule has 0 spiro atoms. The maximum atomic E-state index is 11.8. The van der Waals surface area contributed by atoms with Crippen molar-refractivity contribution in [2.45, 2.75) is 12.6 Å². The first-order valence-electron chi connectivity index (χ1n) is 6.52. The third-order valence-electron chi connectivity index (χ3n) is 3.03. The van der Waals surface area contributed by atoms with Crippen molar-refractivity contribution in [3.05, 3.63) is 68.6 Å². The Kier molecular flexibility index (Phi) is 5.60. The van der Waals surface area contributed by atoms with Crippen LogP contribution in [-0.4, -0.2) is 22.1 Å². The first-order valence-corrected chi connectivity index (χ1v) is 7.28. The zero-order chi connectivity index (χ0) is 16.1. The van der Waals surface area contributed by atoms with E-state index in [0.29, 0.717) is 15.6 Å². The van der Waals surface area contributed by atoms with Gasteiger partial charge in [0, 0.05) is 34.4 Å². The smallest absolute Gasteiger partial charge is 0.250 e. The fourth-order valence-corrected chi connectivity index (χ4v) is 2.43. The molecule has 1 heterocycles. The predicted molar refractivity (Wildman–Crippen MR) is 85.1 cm³/mol. The topological polar surface area (TPSA) is 71.3 Å². The van der Waals surface area contributed by atoms with Gasteiger partial charge in [0.15, 0.2) is 0 Å². The Morgan fingerprint density at radius 3 is 2.73 bits per heavy atom. The highest BCUT2D eigenvalue weighted by Crippen LogP contribution is 2.25. The summed E-state index contributed by atoms with van der Waals surface area (Å²) in [5, 5.41) is 13.4. The fraction of sp³-hybridized carbons (Fsp3) is 0.200. The molecule has 22 heavy (non-hydrogen) atoms. The molecule has 1 amide bonds. The number of aliphatic hydroxyl groups excluding tert-OH is 1. The van der Waals surface area contributed by atoms with Crippen LogP contribution in [0.1, 0.15) is 11.7 Å². The molecule has 0 saturated heterocycles. The molecular formula is C15H14Cl2N2O3. The van der Waals surface area contributed by atoms with Crippen LogP contribution in [0.5, 0.6) is 0 Å². The third-order valence-corrected chi connectivity index (χ3v) is 3.59. The Bertz CT molecular complexity index is 731. The Hall–Kier alpha value is -1.82. The minimum absolute atomic E-state index is 0.0121. The Labute approximate surface area is 137 Å². The number of rotatable bonds is 5. The molecule has 0 saturated carbocycles. The standard InChI is InChI=1S/C15H14Cl2N2O3/c16-10-4-5-11(12(17)7-10)13(20)8-18-14(21)9-19-6-2-1-3-15(19)22/h1-7,13,20H,8-9H2,(H,18,21). The molecule has 0 radical (unpaired) electrons. The van der Waals surface area contributed by atoms with Gasteiger partial charge in [0.2, 0.25) is 5.91 Å². The molecule has 2 N–H and O–H groups in total. The lowest BCUT2D eigenvalue weighted by Crippen LogP contribution is -2.34. The minimum atomic E-state index is -0.957. The van der Waals surface area contributed by atoms with E-state index >= 15 is 0 Å². The van der Waals surface area contributed by atoms with E-state index in [2.05, 4.69) is 5.32 Å². The van der Waals surface area contributed by atoms with Gasteiger partial charge in [0.1, 0.15) is 6.54 Å². The molecule has 0 aliphatic heterocycles. The van der Waals surface area contributed by atoms with E-state index in [1.165, 1.54) is 22.9 Å². The van der Waals surface area contributed by atoms with E-state index in [4.69, 9.17) is 23.2 Å².